The van der Waals surface area contributed by atoms with Crippen LogP contribution in [0.3, 0.4) is 0 Å². The van der Waals surface area contributed by atoms with Crippen molar-refractivity contribution in [2.24, 2.45) is 5.41 Å². The molecule has 0 bridgehead atoms. The maximum absolute atomic E-state index is 10.8. The van der Waals surface area contributed by atoms with Gasteiger partial charge in [0, 0.05) is 6.42 Å². The maximum Gasteiger partial charge on any atom is 0.130 e. The molecule has 0 saturated carbocycles. The third kappa shape index (κ3) is 4.73. The summed E-state index contributed by atoms with van der Waals surface area (Å²) >= 11 is 0. The molecule has 0 N–H and O–H groups in total. The molecule has 0 aromatic rings. The van der Waals surface area contributed by atoms with E-state index in [1.54, 1.807) is 6.92 Å². The second-order valence-electron chi connectivity index (χ2n) is 3.84. The van der Waals surface area contributed by atoms with Crippen molar-refractivity contribution in [2.75, 3.05) is 0 Å². The molecule has 0 atom stereocenters. The first-order valence-corrected chi connectivity index (χ1v) is 4.03. The van der Waals surface area contributed by atoms with E-state index in [1.807, 2.05) is 26.8 Å². The molecular formula is C11H16O. The second-order valence-corrected chi connectivity index (χ2v) is 3.84. The third-order valence-corrected chi connectivity index (χ3v) is 1.54. The molecule has 0 amide bonds. The van der Waals surface area contributed by atoms with E-state index in [-0.39, 0.29) is 11.2 Å². The predicted octanol–water partition coefficient (Wildman–Crippen LogP) is 2.57. The van der Waals surface area contributed by atoms with Gasteiger partial charge in [0.25, 0.3) is 0 Å². The second kappa shape index (κ2) is 4.11. The minimum absolute atomic E-state index is 0.109. The van der Waals surface area contributed by atoms with Crippen LogP contribution in [0.4, 0.5) is 0 Å². The summed E-state index contributed by atoms with van der Waals surface area (Å²) in [6, 6.07) is 0. The number of carbonyl (C=O) groups excluding carboxylic acids is 1. The van der Waals surface area contributed by atoms with Crippen LogP contribution in [0.25, 0.3) is 0 Å². The lowest BCUT2D eigenvalue weighted by molar-refractivity contribution is -0.118. The van der Waals surface area contributed by atoms with Crippen LogP contribution in [0.1, 0.15) is 34.1 Å². The topological polar surface area (TPSA) is 17.1 Å². The molecule has 0 fully saturated rings. The Bertz CT molecular complexity index is 238. The zero-order valence-electron chi connectivity index (χ0n) is 8.27. The number of hydrogen-bond acceptors (Lipinski definition) is 1. The summed E-state index contributed by atoms with van der Waals surface area (Å²) < 4.78 is 0. The van der Waals surface area contributed by atoms with Gasteiger partial charge in [-0.05, 0) is 24.8 Å². The SMILES string of the molecule is C#CC(C)=CC(C)(C)CC(C)=O. The molecule has 0 unspecified atom stereocenters. The van der Waals surface area contributed by atoms with Gasteiger partial charge in [-0.3, -0.25) is 4.79 Å². The van der Waals surface area contributed by atoms with E-state index in [9.17, 15) is 4.79 Å². The lowest BCUT2D eigenvalue weighted by atomic mass is 9.86. The molecule has 0 aromatic carbocycles. The van der Waals surface area contributed by atoms with Crippen LogP contribution in [0, 0.1) is 17.8 Å². The first kappa shape index (κ1) is 11.0. The number of allylic oxidation sites excluding steroid dienone is 2. The smallest absolute Gasteiger partial charge is 0.130 e. The predicted molar refractivity (Wildman–Crippen MR) is 51.7 cm³/mol. The summed E-state index contributed by atoms with van der Waals surface area (Å²) in [5.41, 5.74) is 0.781. The average molecular weight is 164 g/mol. The lowest BCUT2D eigenvalue weighted by Gasteiger charge is -2.18. The van der Waals surface area contributed by atoms with Crippen LogP contribution in [-0.4, -0.2) is 5.78 Å². The molecule has 66 valence electrons. The number of hydrogen-bond donors (Lipinski definition) is 0. The number of ketones is 1. The van der Waals surface area contributed by atoms with Crippen LogP contribution < -0.4 is 0 Å². The Morgan fingerprint density at radius 1 is 1.50 bits per heavy atom. The van der Waals surface area contributed by atoms with Gasteiger partial charge < -0.3 is 0 Å². The summed E-state index contributed by atoms with van der Waals surface area (Å²) in [5, 5.41) is 0. The Kier molecular flexibility index (Phi) is 3.76. The molecule has 0 spiro atoms. The quantitative estimate of drug-likeness (QED) is 0.586. The van der Waals surface area contributed by atoms with Gasteiger partial charge in [0.2, 0.25) is 0 Å². The van der Waals surface area contributed by atoms with Gasteiger partial charge in [-0.15, -0.1) is 6.42 Å². The molecule has 0 rings (SSSR count). The van der Waals surface area contributed by atoms with Crippen LogP contribution >= 0.6 is 0 Å². The number of Topliss-reactive ketones (excluding diaryl/α,β-unsaturated/α-hetero) is 1. The molecule has 0 saturated heterocycles. The van der Waals surface area contributed by atoms with Crippen molar-refractivity contribution in [3.05, 3.63) is 11.6 Å². The molecule has 0 heterocycles. The molecule has 1 heteroatoms. The minimum atomic E-state index is -0.109. The van der Waals surface area contributed by atoms with E-state index in [0.717, 1.165) is 5.57 Å². The standard InChI is InChI=1S/C11H16O/c1-6-9(2)7-11(4,5)8-10(3)12/h1,7H,8H2,2-5H3. The molecule has 0 aliphatic heterocycles. The summed E-state index contributed by atoms with van der Waals surface area (Å²) in [5.74, 6) is 2.74. The molecule has 0 aliphatic rings. The summed E-state index contributed by atoms with van der Waals surface area (Å²) in [4.78, 5) is 10.8. The first-order valence-electron chi connectivity index (χ1n) is 4.03. The van der Waals surface area contributed by atoms with Crippen molar-refractivity contribution in [1.29, 1.82) is 0 Å². The Labute approximate surface area is 74.9 Å². The van der Waals surface area contributed by atoms with Gasteiger partial charge in [-0.1, -0.05) is 25.8 Å². The van der Waals surface area contributed by atoms with Gasteiger partial charge in [0.05, 0.1) is 0 Å². The number of carbonyl (C=O) groups is 1. The van der Waals surface area contributed by atoms with Crippen molar-refractivity contribution < 1.29 is 4.79 Å². The highest BCUT2D eigenvalue weighted by Gasteiger charge is 2.16. The zero-order valence-corrected chi connectivity index (χ0v) is 8.27. The Hall–Kier alpha value is -1.03. The monoisotopic (exact) mass is 164 g/mol. The van der Waals surface area contributed by atoms with E-state index in [1.165, 1.54) is 0 Å². The van der Waals surface area contributed by atoms with Gasteiger partial charge >= 0.3 is 0 Å². The highest BCUT2D eigenvalue weighted by Crippen LogP contribution is 2.23. The largest absolute Gasteiger partial charge is 0.300 e. The Morgan fingerprint density at radius 3 is 2.33 bits per heavy atom. The molecule has 0 aliphatic carbocycles. The highest BCUT2D eigenvalue weighted by molar-refractivity contribution is 5.76. The fourth-order valence-corrected chi connectivity index (χ4v) is 1.32. The van der Waals surface area contributed by atoms with E-state index in [4.69, 9.17) is 6.42 Å². The van der Waals surface area contributed by atoms with Crippen LogP contribution in [-0.2, 0) is 4.79 Å². The summed E-state index contributed by atoms with van der Waals surface area (Å²) in [7, 11) is 0. The van der Waals surface area contributed by atoms with Gasteiger partial charge in [-0.25, -0.2) is 0 Å². The van der Waals surface area contributed by atoms with Crippen molar-refractivity contribution in [3.63, 3.8) is 0 Å². The van der Waals surface area contributed by atoms with Crippen molar-refractivity contribution in [1.82, 2.24) is 0 Å². The van der Waals surface area contributed by atoms with Gasteiger partial charge in [-0.2, -0.15) is 0 Å². The Balaban J connectivity index is 4.43. The zero-order chi connectivity index (χ0) is 9.78. The molecule has 0 radical (unpaired) electrons. The fraction of sp³-hybridized carbons (Fsp3) is 0.545. The molecular weight excluding hydrogens is 148 g/mol. The van der Waals surface area contributed by atoms with Crippen LogP contribution in [0.5, 0.6) is 0 Å². The number of rotatable bonds is 3. The van der Waals surface area contributed by atoms with Gasteiger partial charge in [0.1, 0.15) is 5.78 Å². The minimum Gasteiger partial charge on any atom is -0.300 e. The van der Waals surface area contributed by atoms with Crippen molar-refractivity contribution >= 4 is 5.78 Å². The van der Waals surface area contributed by atoms with Gasteiger partial charge in [0.15, 0.2) is 0 Å². The Morgan fingerprint density at radius 2 is 2.00 bits per heavy atom. The lowest BCUT2D eigenvalue weighted by Crippen LogP contribution is -2.12. The molecule has 1 nitrogen and oxygen atoms in total. The van der Waals surface area contributed by atoms with Crippen LogP contribution in [0.2, 0.25) is 0 Å². The fourth-order valence-electron chi connectivity index (χ4n) is 1.32. The summed E-state index contributed by atoms with van der Waals surface area (Å²) in [6.07, 6.45) is 7.72. The van der Waals surface area contributed by atoms with Crippen molar-refractivity contribution in [3.8, 4) is 12.3 Å². The van der Waals surface area contributed by atoms with E-state index >= 15 is 0 Å². The van der Waals surface area contributed by atoms with Crippen molar-refractivity contribution in [2.45, 2.75) is 34.1 Å². The normalized spacial score (nSPS) is 12.4. The molecule has 0 aromatic heterocycles. The van der Waals surface area contributed by atoms with E-state index in [2.05, 4.69) is 5.92 Å². The number of terminal acetylenes is 1. The maximum atomic E-state index is 10.8. The average Bonchev–Trinajstić information content (AvgIpc) is 1.83. The van der Waals surface area contributed by atoms with E-state index < -0.39 is 0 Å². The van der Waals surface area contributed by atoms with E-state index in [0.29, 0.717) is 6.42 Å². The highest BCUT2D eigenvalue weighted by atomic mass is 16.1. The summed E-state index contributed by atoms with van der Waals surface area (Å²) in [6.45, 7) is 7.49. The molecule has 12 heavy (non-hydrogen) atoms. The third-order valence-electron chi connectivity index (χ3n) is 1.54. The van der Waals surface area contributed by atoms with Crippen LogP contribution in [0.15, 0.2) is 11.6 Å². The first-order chi connectivity index (χ1) is 5.37.